The normalized spacial score (nSPS) is 15.3. The summed E-state index contributed by atoms with van der Waals surface area (Å²) in [5.41, 5.74) is 7.19. The lowest BCUT2D eigenvalue weighted by Gasteiger charge is -2.37. The molecule has 1 aliphatic heterocycles. The van der Waals surface area contributed by atoms with E-state index in [4.69, 9.17) is 5.10 Å². The van der Waals surface area contributed by atoms with Gasteiger partial charge in [0, 0.05) is 37.4 Å². The van der Waals surface area contributed by atoms with Crippen LogP contribution in [0.2, 0.25) is 0 Å². The quantitative estimate of drug-likeness (QED) is 0.475. The molecule has 0 unspecified atom stereocenters. The van der Waals surface area contributed by atoms with Crippen LogP contribution in [0.15, 0.2) is 48.5 Å². The summed E-state index contributed by atoms with van der Waals surface area (Å²) in [5, 5.41) is 4.93. The molecule has 5 heteroatoms. The Balaban J connectivity index is 1.35. The second kappa shape index (κ2) is 9.68. The van der Waals surface area contributed by atoms with Crippen LogP contribution in [0.3, 0.4) is 0 Å². The molecule has 1 saturated heterocycles. The van der Waals surface area contributed by atoms with E-state index in [-0.39, 0.29) is 11.4 Å². The number of hydrogen-bond acceptors (Lipinski definition) is 3. The number of aryl methyl sites for hydroxylation is 2. The Bertz CT molecular complexity index is 1070. The van der Waals surface area contributed by atoms with Crippen molar-refractivity contribution in [3.05, 3.63) is 71.2 Å². The summed E-state index contributed by atoms with van der Waals surface area (Å²) >= 11 is 0. The van der Waals surface area contributed by atoms with Crippen LogP contribution < -0.4 is 4.90 Å². The zero-order chi connectivity index (χ0) is 23.6. The SMILES string of the molecule is Cc1cccc(N2CCN(CCCc3cc(-c4ccc(F)cc4)n(C(C)(C)C)n3)CC2)c1C. The first-order valence-electron chi connectivity index (χ1n) is 12.1. The van der Waals surface area contributed by atoms with E-state index in [0.29, 0.717) is 0 Å². The van der Waals surface area contributed by atoms with Crippen molar-refractivity contribution in [3.8, 4) is 11.3 Å². The zero-order valence-corrected chi connectivity index (χ0v) is 20.7. The predicted octanol–water partition coefficient (Wildman–Crippen LogP) is 5.82. The molecule has 2 aromatic carbocycles. The molecule has 1 fully saturated rings. The minimum absolute atomic E-state index is 0.133. The second-order valence-electron chi connectivity index (χ2n) is 10.3. The van der Waals surface area contributed by atoms with Gasteiger partial charge in [0.1, 0.15) is 5.82 Å². The molecule has 33 heavy (non-hydrogen) atoms. The summed E-state index contributed by atoms with van der Waals surface area (Å²) in [6.45, 7) is 16.4. The van der Waals surface area contributed by atoms with Crippen molar-refractivity contribution < 1.29 is 4.39 Å². The Hall–Kier alpha value is -2.66. The highest BCUT2D eigenvalue weighted by Crippen LogP contribution is 2.28. The molecule has 0 amide bonds. The van der Waals surface area contributed by atoms with Crippen molar-refractivity contribution in [1.29, 1.82) is 0 Å². The Morgan fingerprint density at radius 1 is 0.939 bits per heavy atom. The number of hydrogen-bond donors (Lipinski definition) is 0. The Labute approximate surface area is 198 Å². The third-order valence-electron chi connectivity index (χ3n) is 6.73. The van der Waals surface area contributed by atoms with E-state index in [0.717, 1.165) is 62.5 Å². The number of rotatable bonds is 6. The minimum atomic E-state index is -0.210. The molecule has 0 atom stereocenters. The van der Waals surface area contributed by atoms with Gasteiger partial charge >= 0.3 is 0 Å². The van der Waals surface area contributed by atoms with Crippen LogP contribution in [0.5, 0.6) is 0 Å². The van der Waals surface area contributed by atoms with E-state index < -0.39 is 0 Å². The van der Waals surface area contributed by atoms with Crippen molar-refractivity contribution >= 4 is 5.69 Å². The fraction of sp³-hybridized carbons (Fsp3) is 0.464. The number of nitrogens with zero attached hydrogens (tertiary/aromatic N) is 4. The zero-order valence-electron chi connectivity index (χ0n) is 20.7. The third-order valence-corrected chi connectivity index (χ3v) is 6.73. The molecule has 0 radical (unpaired) electrons. The van der Waals surface area contributed by atoms with Crippen LogP contribution in [0.1, 0.15) is 44.0 Å². The molecule has 0 bridgehead atoms. The molecule has 0 saturated carbocycles. The van der Waals surface area contributed by atoms with Crippen LogP contribution in [0.4, 0.5) is 10.1 Å². The first-order chi connectivity index (χ1) is 15.7. The summed E-state index contributed by atoms with van der Waals surface area (Å²) < 4.78 is 15.5. The molecule has 4 nitrogen and oxygen atoms in total. The van der Waals surface area contributed by atoms with Crippen molar-refractivity contribution in [2.45, 2.75) is 53.0 Å². The van der Waals surface area contributed by atoms with Gasteiger partial charge in [0.2, 0.25) is 0 Å². The van der Waals surface area contributed by atoms with Gasteiger partial charge in [0.15, 0.2) is 0 Å². The number of piperazine rings is 1. The number of halogens is 1. The minimum Gasteiger partial charge on any atom is -0.369 e. The topological polar surface area (TPSA) is 24.3 Å². The first-order valence-corrected chi connectivity index (χ1v) is 12.1. The highest BCUT2D eigenvalue weighted by atomic mass is 19.1. The summed E-state index contributed by atoms with van der Waals surface area (Å²) in [6.07, 6.45) is 2.04. The van der Waals surface area contributed by atoms with E-state index in [1.54, 1.807) is 0 Å². The van der Waals surface area contributed by atoms with Crippen molar-refractivity contribution in [2.24, 2.45) is 0 Å². The fourth-order valence-corrected chi connectivity index (χ4v) is 4.66. The number of anilines is 1. The smallest absolute Gasteiger partial charge is 0.123 e. The highest BCUT2D eigenvalue weighted by molar-refractivity contribution is 5.60. The van der Waals surface area contributed by atoms with Gasteiger partial charge in [-0.2, -0.15) is 5.10 Å². The van der Waals surface area contributed by atoms with Gasteiger partial charge in [-0.15, -0.1) is 0 Å². The third kappa shape index (κ3) is 5.47. The second-order valence-corrected chi connectivity index (χ2v) is 10.3. The largest absolute Gasteiger partial charge is 0.369 e. The molecule has 3 aromatic rings. The molecule has 1 aliphatic rings. The predicted molar refractivity (Wildman–Crippen MR) is 136 cm³/mol. The Kier molecular flexibility index (Phi) is 6.89. The number of aromatic nitrogens is 2. The maximum atomic E-state index is 13.4. The Morgan fingerprint density at radius 2 is 1.64 bits per heavy atom. The fourth-order valence-electron chi connectivity index (χ4n) is 4.66. The van der Waals surface area contributed by atoms with Crippen LogP contribution in [-0.2, 0) is 12.0 Å². The van der Waals surface area contributed by atoms with Gasteiger partial charge in [0.25, 0.3) is 0 Å². The molecule has 0 spiro atoms. The average molecular weight is 449 g/mol. The average Bonchev–Trinajstić information content (AvgIpc) is 3.22. The van der Waals surface area contributed by atoms with Gasteiger partial charge < -0.3 is 4.90 Å². The summed E-state index contributed by atoms with van der Waals surface area (Å²) in [6, 6.07) is 15.5. The van der Waals surface area contributed by atoms with Crippen LogP contribution in [0.25, 0.3) is 11.3 Å². The van der Waals surface area contributed by atoms with Crippen LogP contribution in [-0.4, -0.2) is 47.4 Å². The standard InChI is InChI=1S/C28H37FN4/c1-21-8-6-10-26(22(21)2)32-18-16-31(17-19-32)15-7-9-25-20-27(33(30-25)28(3,4)5)23-11-13-24(29)14-12-23/h6,8,10-14,20H,7,9,15-19H2,1-5H3. The van der Waals surface area contributed by atoms with E-state index in [9.17, 15) is 4.39 Å². The van der Waals surface area contributed by atoms with E-state index in [2.05, 4.69) is 73.4 Å². The van der Waals surface area contributed by atoms with Crippen LogP contribution >= 0.6 is 0 Å². The molecular weight excluding hydrogens is 411 g/mol. The first kappa shape index (κ1) is 23.5. The van der Waals surface area contributed by atoms with Gasteiger partial charge in [-0.1, -0.05) is 12.1 Å². The van der Waals surface area contributed by atoms with Crippen molar-refractivity contribution in [1.82, 2.24) is 14.7 Å². The van der Waals surface area contributed by atoms with Gasteiger partial charge in [-0.3, -0.25) is 9.58 Å². The maximum Gasteiger partial charge on any atom is 0.123 e. The van der Waals surface area contributed by atoms with E-state index in [1.165, 1.54) is 28.9 Å². The molecule has 176 valence electrons. The summed E-state index contributed by atoms with van der Waals surface area (Å²) in [5.74, 6) is -0.210. The molecular formula is C28H37FN4. The van der Waals surface area contributed by atoms with Gasteiger partial charge in [-0.25, -0.2) is 4.39 Å². The number of benzene rings is 2. The lowest BCUT2D eigenvalue weighted by Crippen LogP contribution is -2.47. The van der Waals surface area contributed by atoms with Gasteiger partial charge in [0.05, 0.1) is 16.9 Å². The molecule has 1 aromatic heterocycles. The summed E-state index contributed by atoms with van der Waals surface area (Å²) in [4.78, 5) is 5.10. The summed E-state index contributed by atoms with van der Waals surface area (Å²) in [7, 11) is 0. The molecule has 0 N–H and O–H groups in total. The van der Waals surface area contributed by atoms with Crippen molar-refractivity contribution in [2.75, 3.05) is 37.6 Å². The molecule has 2 heterocycles. The van der Waals surface area contributed by atoms with Crippen molar-refractivity contribution in [3.63, 3.8) is 0 Å². The maximum absolute atomic E-state index is 13.4. The van der Waals surface area contributed by atoms with Crippen LogP contribution in [0, 0.1) is 19.7 Å². The lowest BCUT2D eigenvalue weighted by molar-refractivity contribution is 0.254. The van der Waals surface area contributed by atoms with E-state index in [1.807, 2.05) is 12.1 Å². The molecule has 0 aliphatic carbocycles. The van der Waals surface area contributed by atoms with Gasteiger partial charge in [-0.05, 0) is 102 Å². The van der Waals surface area contributed by atoms with E-state index >= 15 is 0 Å². The Morgan fingerprint density at radius 3 is 2.30 bits per heavy atom. The lowest BCUT2D eigenvalue weighted by atomic mass is 10.1. The monoisotopic (exact) mass is 448 g/mol. The molecule has 4 rings (SSSR count). The highest BCUT2D eigenvalue weighted by Gasteiger charge is 2.22.